The topological polar surface area (TPSA) is 89.9 Å². The summed E-state index contributed by atoms with van der Waals surface area (Å²) in [6, 6.07) is 5.37. The molecule has 1 aromatic rings. The zero-order chi connectivity index (χ0) is 17.3. The van der Waals surface area contributed by atoms with E-state index in [-0.39, 0.29) is 30.3 Å². The fourth-order valence-corrected chi connectivity index (χ4v) is 3.26. The summed E-state index contributed by atoms with van der Waals surface area (Å²) >= 11 is 0. The molecule has 0 heterocycles. The zero-order valence-corrected chi connectivity index (χ0v) is 13.9. The number of aryl methyl sites for hydroxylation is 1. The number of carboxylic acids is 1. The van der Waals surface area contributed by atoms with Gasteiger partial charge in [-0.05, 0) is 50.2 Å². The van der Waals surface area contributed by atoms with Crippen molar-refractivity contribution in [1.29, 1.82) is 0 Å². The van der Waals surface area contributed by atoms with Crippen molar-refractivity contribution in [2.45, 2.75) is 44.7 Å². The lowest BCUT2D eigenvalue weighted by Crippen LogP contribution is -2.55. The van der Waals surface area contributed by atoms with Crippen LogP contribution >= 0.6 is 0 Å². The number of aliphatic carboxylic acids is 1. The Morgan fingerprint density at radius 1 is 1.29 bits per heavy atom. The molecule has 0 aliphatic heterocycles. The SMILES string of the molecule is Cc1cccc(C(=O)NC2CC(N(CC(=O)O)CC3CC3)C2)c1O. The lowest BCUT2D eigenvalue weighted by atomic mass is 9.85. The van der Waals surface area contributed by atoms with Gasteiger partial charge in [-0.25, -0.2) is 0 Å². The average Bonchev–Trinajstić information content (AvgIpc) is 3.28. The summed E-state index contributed by atoms with van der Waals surface area (Å²) in [5.74, 6) is -0.409. The first-order valence-corrected chi connectivity index (χ1v) is 8.49. The van der Waals surface area contributed by atoms with Gasteiger partial charge in [-0.15, -0.1) is 0 Å². The van der Waals surface area contributed by atoms with Crippen LogP contribution in [0.25, 0.3) is 0 Å². The van der Waals surface area contributed by atoms with E-state index in [0.29, 0.717) is 17.0 Å². The van der Waals surface area contributed by atoms with Gasteiger partial charge >= 0.3 is 5.97 Å². The Balaban J connectivity index is 1.52. The van der Waals surface area contributed by atoms with Crippen LogP contribution in [0.2, 0.25) is 0 Å². The van der Waals surface area contributed by atoms with Crippen molar-refractivity contribution in [3.05, 3.63) is 29.3 Å². The molecule has 2 fully saturated rings. The second kappa shape index (κ2) is 6.81. The van der Waals surface area contributed by atoms with Gasteiger partial charge in [0.25, 0.3) is 5.91 Å². The van der Waals surface area contributed by atoms with Gasteiger partial charge in [0.15, 0.2) is 0 Å². The van der Waals surface area contributed by atoms with Gasteiger partial charge in [0.05, 0.1) is 12.1 Å². The third-order valence-electron chi connectivity index (χ3n) is 4.98. The van der Waals surface area contributed by atoms with Crippen LogP contribution in [0.4, 0.5) is 0 Å². The number of para-hydroxylation sites is 1. The first-order chi connectivity index (χ1) is 11.4. The molecular formula is C18H24N2O4. The van der Waals surface area contributed by atoms with Crippen LogP contribution in [0.5, 0.6) is 5.75 Å². The van der Waals surface area contributed by atoms with Crippen LogP contribution in [0.1, 0.15) is 41.6 Å². The average molecular weight is 332 g/mol. The number of amides is 1. The quantitative estimate of drug-likeness (QED) is 0.708. The van der Waals surface area contributed by atoms with E-state index in [2.05, 4.69) is 5.32 Å². The van der Waals surface area contributed by atoms with Crippen LogP contribution in [0.15, 0.2) is 18.2 Å². The molecule has 0 bridgehead atoms. The Hall–Kier alpha value is -2.08. The minimum Gasteiger partial charge on any atom is -0.507 e. The third-order valence-corrected chi connectivity index (χ3v) is 4.98. The molecule has 1 amide bonds. The van der Waals surface area contributed by atoms with Crippen molar-refractivity contribution < 1.29 is 19.8 Å². The Morgan fingerprint density at radius 2 is 2.00 bits per heavy atom. The van der Waals surface area contributed by atoms with Crippen LogP contribution in [-0.2, 0) is 4.79 Å². The van der Waals surface area contributed by atoms with E-state index < -0.39 is 5.97 Å². The van der Waals surface area contributed by atoms with Crippen molar-refractivity contribution in [3.8, 4) is 5.75 Å². The van der Waals surface area contributed by atoms with Gasteiger partial charge in [0.2, 0.25) is 0 Å². The minimum atomic E-state index is -0.798. The smallest absolute Gasteiger partial charge is 0.317 e. The summed E-state index contributed by atoms with van der Waals surface area (Å²) in [4.78, 5) is 25.3. The van der Waals surface area contributed by atoms with Crippen molar-refractivity contribution in [2.24, 2.45) is 5.92 Å². The molecule has 1 aromatic carbocycles. The number of carboxylic acid groups (broad SMARTS) is 1. The van der Waals surface area contributed by atoms with Crippen LogP contribution < -0.4 is 5.32 Å². The molecule has 0 aromatic heterocycles. The number of nitrogens with zero attached hydrogens (tertiary/aromatic N) is 1. The maximum absolute atomic E-state index is 12.3. The van der Waals surface area contributed by atoms with E-state index >= 15 is 0 Å². The normalized spacial score (nSPS) is 22.9. The highest BCUT2D eigenvalue weighted by molar-refractivity contribution is 5.97. The molecule has 0 saturated heterocycles. The maximum atomic E-state index is 12.3. The number of carbonyl (C=O) groups excluding carboxylic acids is 1. The number of phenols is 1. The van der Waals surface area contributed by atoms with Crippen molar-refractivity contribution >= 4 is 11.9 Å². The highest BCUT2D eigenvalue weighted by Gasteiger charge is 2.38. The van der Waals surface area contributed by atoms with Gasteiger partial charge in [-0.3, -0.25) is 14.5 Å². The van der Waals surface area contributed by atoms with Crippen molar-refractivity contribution in [3.63, 3.8) is 0 Å². The molecule has 130 valence electrons. The second-order valence-electron chi connectivity index (χ2n) is 7.03. The molecule has 0 atom stereocenters. The predicted octanol–water partition coefficient (Wildman–Crippen LogP) is 1.76. The number of rotatable bonds is 7. The molecule has 2 aliphatic rings. The number of benzene rings is 1. The van der Waals surface area contributed by atoms with Gasteiger partial charge in [-0.2, -0.15) is 0 Å². The highest BCUT2D eigenvalue weighted by Crippen LogP contribution is 2.34. The van der Waals surface area contributed by atoms with Gasteiger partial charge in [-0.1, -0.05) is 12.1 Å². The summed E-state index contributed by atoms with van der Waals surface area (Å²) < 4.78 is 0. The summed E-state index contributed by atoms with van der Waals surface area (Å²) in [5, 5.41) is 22.0. The fourth-order valence-electron chi connectivity index (χ4n) is 3.26. The maximum Gasteiger partial charge on any atom is 0.317 e. The number of aromatic hydroxyl groups is 1. The van der Waals surface area contributed by atoms with E-state index in [0.717, 1.165) is 19.4 Å². The molecule has 3 N–H and O–H groups in total. The third kappa shape index (κ3) is 3.87. The van der Waals surface area contributed by atoms with Crippen LogP contribution in [0, 0.1) is 12.8 Å². The fraction of sp³-hybridized carbons (Fsp3) is 0.556. The predicted molar refractivity (Wildman–Crippen MR) is 89.1 cm³/mol. The first kappa shape index (κ1) is 16.8. The Labute approximate surface area is 141 Å². The molecule has 24 heavy (non-hydrogen) atoms. The van der Waals surface area contributed by atoms with Gasteiger partial charge in [0, 0.05) is 18.6 Å². The molecule has 6 nitrogen and oxygen atoms in total. The number of hydrogen-bond donors (Lipinski definition) is 3. The van der Waals surface area contributed by atoms with Gasteiger partial charge in [0.1, 0.15) is 5.75 Å². The van der Waals surface area contributed by atoms with Crippen molar-refractivity contribution in [2.75, 3.05) is 13.1 Å². The Kier molecular flexibility index (Phi) is 4.76. The number of phenolic OH excluding ortho intramolecular Hbond substituents is 1. The molecule has 6 heteroatoms. The summed E-state index contributed by atoms with van der Waals surface area (Å²) in [6.45, 7) is 2.67. The Morgan fingerprint density at radius 3 is 2.62 bits per heavy atom. The van der Waals surface area contributed by atoms with E-state index in [1.54, 1.807) is 25.1 Å². The number of carbonyl (C=O) groups is 2. The second-order valence-corrected chi connectivity index (χ2v) is 7.03. The monoisotopic (exact) mass is 332 g/mol. The summed E-state index contributed by atoms with van der Waals surface area (Å²) in [5.41, 5.74) is 0.963. The van der Waals surface area contributed by atoms with Crippen LogP contribution in [-0.4, -0.2) is 52.2 Å². The molecule has 2 saturated carbocycles. The summed E-state index contributed by atoms with van der Waals surface area (Å²) in [6.07, 6.45) is 3.90. The van der Waals surface area contributed by atoms with E-state index in [4.69, 9.17) is 5.11 Å². The largest absolute Gasteiger partial charge is 0.507 e. The molecular weight excluding hydrogens is 308 g/mol. The molecule has 3 rings (SSSR count). The first-order valence-electron chi connectivity index (χ1n) is 8.49. The van der Waals surface area contributed by atoms with E-state index in [9.17, 15) is 14.7 Å². The zero-order valence-electron chi connectivity index (χ0n) is 13.9. The Bertz CT molecular complexity index is 636. The number of hydrogen-bond acceptors (Lipinski definition) is 4. The molecule has 2 aliphatic carbocycles. The molecule has 0 unspecified atom stereocenters. The molecule has 0 spiro atoms. The van der Waals surface area contributed by atoms with E-state index in [1.165, 1.54) is 12.8 Å². The van der Waals surface area contributed by atoms with Crippen LogP contribution in [0.3, 0.4) is 0 Å². The summed E-state index contributed by atoms with van der Waals surface area (Å²) in [7, 11) is 0. The number of nitrogens with one attached hydrogen (secondary N) is 1. The lowest BCUT2D eigenvalue weighted by Gasteiger charge is -2.42. The van der Waals surface area contributed by atoms with Gasteiger partial charge < -0.3 is 15.5 Å². The molecule has 0 radical (unpaired) electrons. The van der Waals surface area contributed by atoms with E-state index in [1.807, 2.05) is 4.90 Å². The highest BCUT2D eigenvalue weighted by atomic mass is 16.4. The lowest BCUT2D eigenvalue weighted by molar-refractivity contribution is -0.139. The minimum absolute atomic E-state index is 0.0205. The van der Waals surface area contributed by atoms with Crippen molar-refractivity contribution in [1.82, 2.24) is 10.2 Å². The standard InChI is InChI=1S/C18H24N2O4/c1-11-3-2-4-15(17(11)23)18(24)19-13-7-14(8-13)20(10-16(21)22)9-12-5-6-12/h2-4,12-14,23H,5-10H2,1H3,(H,19,24)(H,21,22).